The molecule has 3 N–H and O–H groups in total. The number of nitrogens with two attached hydrogens (primary N) is 1. The quantitative estimate of drug-likeness (QED) is 0.635. The first-order valence-corrected chi connectivity index (χ1v) is 6.66. The zero-order valence-corrected chi connectivity index (χ0v) is 11.8. The summed E-state index contributed by atoms with van der Waals surface area (Å²) < 4.78 is 32.2. The van der Waals surface area contributed by atoms with Gasteiger partial charge in [0.05, 0.1) is 7.11 Å². The number of ether oxygens (including phenoxy) is 1. The van der Waals surface area contributed by atoms with Crippen molar-refractivity contribution in [3.8, 4) is 5.75 Å². The van der Waals surface area contributed by atoms with Crippen molar-refractivity contribution in [2.24, 2.45) is 5.84 Å². The Bertz CT molecular complexity index is 605. The summed E-state index contributed by atoms with van der Waals surface area (Å²) in [5.41, 5.74) is 3.91. The standard InChI is InChI=1S/C16H18F2N2O/c1-21-15-8-3-2-5-11(15)9-13(20-19)10-12-6-4-7-14(17)16(12)18/h2-8,13,20H,9-10,19H2,1H3. The number of rotatable bonds is 6. The van der Waals surface area contributed by atoms with Crippen LogP contribution in [0.1, 0.15) is 11.1 Å². The second-order valence-corrected chi connectivity index (χ2v) is 4.80. The van der Waals surface area contributed by atoms with Crippen molar-refractivity contribution in [1.29, 1.82) is 0 Å². The zero-order valence-electron chi connectivity index (χ0n) is 11.8. The van der Waals surface area contributed by atoms with Crippen LogP contribution in [0.25, 0.3) is 0 Å². The topological polar surface area (TPSA) is 47.3 Å². The van der Waals surface area contributed by atoms with Crippen LogP contribution < -0.4 is 16.0 Å². The molecule has 112 valence electrons. The largest absolute Gasteiger partial charge is 0.496 e. The highest BCUT2D eigenvalue weighted by Gasteiger charge is 2.15. The molecule has 0 aliphatic carbocycles. The molecule has 1 atom stereocenters. The molecule has 0 aromatic heterocycles. The molecule has 5 heteroatoms. The van der Waals surface area contributed by atoms with E-state index in [2.05, 4.69) is 5.43 Å². The highest BCUT2D eigenvalue weighted by molar-refractivity contribution is 5.34. The van der Waals surface area contributed by atoms with Crippen LogP contribution in [0.4, 0.5) is 8.78 Å². The van der Waals surface area contributed by atoms with E-state index in [1.165, 1.54) is 6.07 Å². The third kappa shape index (κ3) is 3.77. The van der Waals surface area contributed by atoms with E-state index in [1.807, 2.05) is 24.3 Å². The molecule has 0 aliphatic rings. The number of nitrogens with one attached hydrogen (secondary N) is 1. The van der Waals surface area contributed by atoms with Gasteiger partial charge in [-0.05, 0) is 36.1 Å². The van der Waals surface area contributed by atoms with Crippen molar-refractivity contribution in [3.05, 3.63) is 65.2 Å². The van der Waals surface area contributed by atoms with Crippen molar-refractivity contribution < 1.29 is 13.5 Å². The monoisotopic (exact) mass is 292 g/mol. The summed E-state index contributed by atoms with van der Waals surface area (Å²) in [5, 5.41) is 0. The Balaban J connectivity index is 2.15. The van der Waals surface area contributed by atoms with Gasteiger partial charge in [0.1, 0.15) is 5.75 Å². The molecule has 0 saturated carbocycles. The summed E-state index contributed by atoms with van der Waals surface area (Å²) in [4.78, 5) is 0. The average Bonchev–Trinajstić information content (AvgIpc) is 2.51. The fourth-order valence-electron chi connectivity index (χ4n) is 2.30. The molecule has 21 heavy (non-hydrogen) atoms. The Labute approximate surface area is 122 Å². The van der Waals surface area contributed by atoms with Gasteiger partial charge in [0, 0.05) is 6.04 Å². The lowest BCUT2D eigenvalue weighted by Gasteiger charge is -2.18. The molecular formula is C16H18F2N2O. The lowest BCUT2D eigenvalue weighted by atomic mass is 9.98. The molecule has 2 rings (SSSR count). The van der Waals surface area contributed by atoms with Crippen LogP contribution in [0.15, 0.2) is 42.5 Å². The lowest BCUT2D eigenvalue weighted by Crippen LogP contribution is -2.38. The fourth-order valence-corrected chi connectivity index (χ4v) is 2.30. The number of para-hydroxylation sites is 1. The van der Waals surface area contributed by atoms with Crippen LogP contribution in [-0.2, 0) is 12.8 Å². The highest BCUT2D eigenvalue weighted by atomic mass is 19.2. The van der Waals surface area contributed by atoms with Crippen molar-refractivity contribution in [3.63, 3.8) is 0 Å². The van der Waals surface area contributed by atoms with Crippen LogP contribution in [-0.4, -0.2) is 13.2 Å². The predicted molar refractivity (Wildman–Crippen MR) is 77.9 cm³/mol. The minimum Gasteiger partial charge on any atom is -0.496 e. The minimum absolute atomic E-state index is 0.224. The van der Waals surface area contributed by atoms with Crippen molar-refractivity contribution in [2.75, 3.05) is 7.11 Å². The van der Waals surface area contributed by atoms with Gasteiger partial charge in [-0.25, -0.2) is 8.78 Å². The van der Waals surface area contributed by atoms with Crippen LogP contribution in [0.3, 0.4) is 0 Å². The van der Waals surface area contributed by atoms with Crippen LogP contribution in [0.5, 0.6) is 5.75 Å². The van der Waals surface area contributed by atoms with Gasteiger partial charge < -0.3 is 4.74 Å². The molecule has 3 nitrogen and oxygen atoms in total. The van der Waals surface area contributed by atoms with E-state index in [-0.39, 0.29) is 12.5 Å². The average molecular weight is 292 g/mol. The molecule has 0 radical (unpaired) electrons. The Morgan fingerprint density at radius 3 is 2.43 bits per heavy atom. The number of benzene rings is 2. The van der Waals surface area contributed by atoms with E-state index in [9.17, 15) is 8.78 Å². The first kappa shape index (κ1) is 15.4. The summed E-state index contributed by atoms with van der Waals surface area (Å²) in [7, 11) is 1.59. The number of methoxy groups -OCH3 is 1. The number of halogens is 2. The molecular weight excluding hydrogens is 274 g/mol. The Kier molecular flexibility index (Phi) is 5.25. The van der Waals surface area contributed by atoms with E-state index in [0.29, 0.717) is 12.0 Å². The molecule has 0 saturated heterocycles. The summed E-state index contributed by atoms with van der Waals surface area (Å²) in [5.74, 6) is 4.62. The number of hydrazine groups is 1. The maximum atomic E-state index is 13.7. The first-order chi connectivity index (χ1) is 10.2. The van der Waals surface area contributed by atoms with Crippen LogP contribution >= 0.6 is 0 Å². The maximum Gasteiger partial charge on any atom is 0.162 e. The third-order valence-electron chi connectivity index (χ3n) is 3.39. The van der Waals surface area contributed by atoms with E-state index < -0.39 is 11.6 Å². The fraction of sp³-hybridized carbons (Fsp3) is 0.250. The second kappa shape index (κ2) is 7.15. The Morgan fingerprint density at radius 2 is 1.71 bits per heavy atom. The third-order valence-corrected chi connectivity index (χ3v) is 3.39. The molecule has 0 fully saturated rings. The Morgan fingerprint density at radius 1 is 1.05 bits per heavy atom. The predicted octanol–water partition coefficient (Wildman–Crippen LogP) is 2.59. The normalized spacial score (nSPS) is 12.2. The molecule has 0 aliphatic heterocycles. The summed E-state index contributed by atoms with van der Waals surface area (Å²) >= 11 is 0. The lowest BCUT2D eigenvalue weighted by molar-refractivity contribution is 0.404. The molecule has 2 aromatic rings. The van der Waals surface area contributed by atoms with Crippen molar-refractivity contribution >= 4 is 0 Å². The molecule has 0 bridgehead atoms. The summed E-state index contributed by atoms with van der Waals surface area (Å²) in [6.45, 7) is 0. The van der Waals surface area contributed by atoms with E-state index in [0.717, 1.165) is 17.4 Å². The molecule has 0 heterocycles. The molecule has 2 aromatic carbocycles. The molecule has 1 unspecified atom stereocenters. The van der Waals surface area contributed by atoms with E-state index >= 15 is 0 Å². The van der Waals surface area contributed by atoms with Gasteiger partial charge in [0.15, 0.2) is 11.6 Å². The summed E-state index contributed by atoms with van der Waals surface area (Å²) in [6.07, 6.45) is 0.842. The van der Waals surface area contributed by atoms with E-state index in [1.54, 1.807) is 13.2 Å². The smallest absolute Gasteiger partial charge is 0.162 e. The van der Waals surface area contributed by atoms with Gasteiger partial charge >= 0.3 is 0 Å². The van der Waals surface area contributed by atoms with Gasteiger partial charge in [-0.1, -0.05) is 30.3 Å². The first-order valence-electron chi connectivity index (χ1n) is 6.66. The van der Waals surface area contributed by atoms with Gasteiger partial charge in [0.25, 0.3) is 0 Å². The van der Waals surface area contributed by atoms with Crippen LogP contribution in [0.2, 0.25) is 0 Å². The van der Waals surface area contributed by atoms with Gasteiger partial charge in [-0.3, -0.25) is 11.3 Å². The number of hydrogen-bond acceptors (Lipinski definition) is 3. The van der Waals surface area contributed by atoms with Gasteiger partial charge in [-0.2, -0.15) is 0 Å². The Hall–Kier alpha value is -1.98. The van der Waals surface area contributed by atoms with Gasteiger partial charge in [-0.15, -0.1) is 0 Å². The van der Waals surface area contributed by atoms with Crippen molar-refractivity contribution in [1.82, 2.24) is 5.43 Å². The zero-order chi connectivity index (χ0) is 15.2. The summed E-state index contributed by atoms with van der Waals surface area (Å²) in [6, 6.07) is 11.5. The van der Waals surface area contributed by atoms with Crippen molar-refractivity contribution in [2.45, 2.75) is 18.9 Å². The van der Waals surface area contributed by atoms with E-state index in [4.69, 9.17) is 10.6 Å². The maximum absolute atomic E-state index is 13.7. The number of hydrogen-bond donors (Lipinski definition) is 2. The molecule has 0 spiro atoms. The van der Waals surface area contributed by atoms with Gasteiger partial charge in [0.2, 0.25) is 0 Å². The molecule has 0 amide bonds. The highest BCUT2D eigenvalue weighted by Crippen LogP contribution is 2.21. The minimum atomic E-state index is -0.847. The second-order valence-electron chi connectivity index (χ2n) is 4.80. The van der Waals surface area contributed by atoms with Crippen LogP contribution in [0, 0.1) is 11.6 Å². The SMILES string of the molecule is COc1ccccc1CC(Cc1cccc(F)c1F)NN.